The zero-order valence-electron chi connectivity index (χ0n) is 18.5. The van der Waals surface area contributed by atoms with Crippen molar-refractivity contribution in [3.8, 4) is 11.5 Å². The summed E-state index contributed by atoms with van der Waals surface area (Å²) in [5, 5.41) is 18.8. The van der Waals surface area contributed by atoms with Crippen molar-refractivity contribution in [2.75, 3.05) is 5.32 Å². The summed E-state index contributed by atoms with van der Waals surface area (Å²) >= 11 is 6.18. The van der Waals surface area contributed by atoms with Crippen LogP contribution in [-0.4, -0.2) is 20.6 Å². The van der Waals surface area contributed by atoms with Crippen molar-refractivity contribution in [2.45, 2.75) is 20.4 Å². The van der Waals surface area contributed by atoms with Crippen molar-refractivity contribution in [3.63, 3.8) is 0 Å². The molecule has 1 N–H and O–H groups in total. The number of amides is 1. The molecule has 1 amide bonds. The van der Waals surface area contributed by atoms with E-state index in [0.717, 1.165) is 5.56 Å². The van der Waals surface area contributed by atoms with Crippen LogP contribution in [-0.2, 0) is 6.54 Å². The number of aromatic nitrogens is 2. The summed E-state index contributed by atoms with van der Waals surface area (Å²) in [6.07, 6.45) is 0. The maximum atomic E-state index is 12.8. The summed E-state index contributed by atoms with van der Waals surface area (Å²) in [4.78, 5) is 23.6. The molecule has 34 heavy (non-hydrogen) atoms. The predicted molar refractivity (Wildman–Crippen MR) is 130 cm³/mol. The number of para-hydroxylation sites is 3. The molecule has 0 fully saturated rings. The fourth-order valence-corrected chi connectivity index (χ4v) is 3.71. The first kappa shape index (κ1) is 23.0. The van der Waals surface area contributed by atoms with Crippen LogP contribution in [0.15, 0.2) is 72.8 Å². The van der Waals surface area contributed by atoms with Gasteiger partial charge in [0.25, 0.3) is 5.91 Å². The number of rotatable bonds is 7. The molecule has 0 aliphatic carbocycles. The Balaban J connectivity index is 1.48. The second-order valence-corrected chi connectivity index (χ2v) is 8.02. The lowest BCUT2D eigenvalue weighted by molar-refractivity contribution is -0.386. The number of hydrogen-bond acceptors (Lipinski definition) is 5. The summed E-state index contributed by atoms with van der Waals surface area (Å²) in [7, 11) is 0. The molecule has 3 aromatic carbocycles. The molecule has 0 spiro atoms. The molecule has 9 heteroatoms. The van der Waals surface area contributed by atoms with Gasteiger partial charge in [-0.15, -0.1) is 0 Å². The van der Waals surface area contributed by atoms with E-state index in [0.29, 0.717) is 45.7 Å². The molecule has 172 valence electrons. The maximum Gasteiger partial charge on any atom is 0.312 e. The van der Waals surface area contributed by atoms with Crippen LogP contribution in [0.4, 0.5) is 11.4 Å². The summed E-state index contributed by atoms with van der Waals surface area (Å²) in [5.74, 6) is 0.648. The highest BCUT2D eigenvalue weighted by Gasteiger charge is 2.21. The number of nitro groups is 1. The maximum absolute atomic E-state index is 12.8. The van der Waals surface area contributed by atoms with Crippen LogP contribution in [0.3, 0.4) is 0 Å². The first-order valence-electron chi connectivity index (χ1n) is 10.4. The van der Waals surface area contributed by atoms with Gasteiger partial charge >= 0.3 is 5.69 Å². The molecule has 8 nitrogen and oxygen atoms in total. The van der Waals surface area contributed by atoms with Gasteiger partial charge < -0.3 is 10.1 Å². The highest BCUT2D eigenvalue weighted by molar-refractivity contribution is 6.32. The van der Waals surface area contributed by atoms with Crippen molar-refractivity contribution in [1.82, 2.24) is 9.78 Å². The molecule has 0 unspecified atom stereocenters. The van der Waals surface area contributed by atoms with Gasteiger partial charge in [0.2, 0.25) is 0 Å². The van der Waals surface area contributed by atoms with Crippen LogP contribution in [0, 0.1) is 24.0 Å². The summed E-state index contributed by atoms with van der Waals surface area (Å²) in [6.45, 7) is 3.64. The molecular weight excluding hydrogens is 456 g/mol. The van der Waals surface area contributed by atoms with Gasteiger partial charge in [0.15, 0.2) is 5.75 Å². The van der Waals surface area contributed by atoms with Gasteiger partial charge in [0.05, 0.1) is 22.2 Å². The Kier molecular flexibility index (Phi) is 6.60. The Morgan fingerprint density at radius 1 is 1.03 bits per heavy atom. The van der Waals surface area contributed by atoms with Gasteiger partial charge in [0.1, 0.15) is 17.1 Å². The third-order valence-corrected chi connectivity index (χ3v) is 5.58. The summed E-state index contributed by atoms with van der Waals surface area (Å²) < 4.78 is 7.49. The van der Waals surface area contributed by atoms with Crippen LogP contribution in [0.25, 0.3) is 0 Å². The molecule has 4 aromatic rings. The first-order valence-corrected chi connectivity index (χ1v) is 10.8. The molecule has 4 rings (SSSR count). The molecule has 0 bridgehead atoms. The third kappa shape index (κ3) is 4.92. The number of hydrogen-bond donors (Lipinski definition) is 1. The molecular formula is C25H21ClN4O4. The van der Waals surface area contributed by atoms with Gasteiger partial charge in [-0.25, -0.2) is 0 Å². The fraction of sp³-hybridized carbons (Fsp3) is 0.120. The number of aryl methyl sites for hydroxylation is 1. The van der Waals surface area contributed by atoms with Gasteiger partial charge in [-0.05, 0) is 55.8 Å². The average molecular weight is 477 g/mol. The molecule has 0 aliphatic rings. The van der Waals surface area contributed by atoms with E-state index in [1.54, 1.807) is 79.2 Å². The van der Waals surface area contributed by atoms with E-state index in [2.05, 4.69) is 10.4 Å². The van der Waals surface area contributed by atoms with E-state index in [9.17, 15) is 14.9 Å². The van der Waals surface area contributed by atoms with E-state index < -0.39 is 4.92 Å². The van der Waals surface area contributed by atoms with E-state index >= 15 is 0 Å². The minimum absolute atomic E-state index is 0.0219. The zero-order valence-corrected chi connectivity index (χ0v) is 19.2. The van der Waals surface area contributed by atoms with Crippen LogP contribution in [0.5, 0.6) is 11.5 Å². The van der Waals surface area contributed by atoms with E-state index in [-0.39, 0.29) is 11.6 Å². The number of carbonyl (C=O) groups excluding carboxylic acids is 1. The van der Waals surface area contributed by atoms with Crippen molar-refractivity contribution < 1.29 is 14.5 Å². The van der Waals surface area contributed by atoms with Crippen LogP contribution >= 0.6 is 11.6 Å². The monoisotopic (exact) mass is 476 g/mol. The lowest BCUT2D eigenvalue weighted by Gasteiger charge is -2.13. The normalized spacial score (nSPS) is 10.7. The number of ether oxygens (including phenoxy) is 1. The van der Waals surface area contributed by atoms with Crippen LogP contribution in [0.2, 0.25) is 5.02 Å². The number of nitrogens with one attached hydrogen (secondary N) is 1. The second-order valence-electron chi connectivity index (χ2n) is 7.61. The minimum Gasteiger partial charge on any atom is -0.454 e. The molecule has 0 atom stereocenters. The van der Waals surface area contributed by atoms with Crippen LogP contribution in [0.1, 0.15) is 27.3 Å². The predicted octanol–water partition coefficient (Wildman–Crippen LogP) is 6.15. The average Bonchev–Trinajstić information content (AvgIpc) is 3.09. The zero-order chi connectivity index (χ0) is 24.2. The number of carbonyl (C=O) groups is 1. The quantitative estimate of drug-likeness (QED) is 0.254. The Morgan fingerprint density at radius 2 is 1.68 bits per heavy atom. The third-order valence-electron chi connectivity index (χ3n) is 5.27. The molecule has 0 saturated heterocycles. The molecule has 0 saturated carbocycles. The fourth-order valence-electron chi connectivity index (χ4n) is 3.54. The number of nitrogens with zero attached hydrogens (tertiary/aromatic N) is 3. The van der Waals surface area contributed by atoms with Crippen molar-refractivity contribution in [1.29, 1.82) is 0 Å². The van der Waals surface area contributed by atoms with Gasteiger partial charge in [-0.3, -0.25) is 19.6 Å². The van der Waals surface area contributed by atoms with Crippen LogP contribution < -0.4 is 10.1 Å². The molecule has 1 heterocycles. The van der Waals surface area contributed by atoms with Gasteiger partial charge in [-0.1, -0.05) is 48.0 Å². The standard InChI is InChI=1S/C25H21ClN4O4/c1-16-24(30(32)33)17(2)29(28-16)15-18-11-13-19(14-12-18)25(31)27-21-8-4-6-10-23(21)34-22-9-5-3-7-20(22)26/h3-14H,15H2,1-2H3,(H,27,31). The van der Waals surface area contributed by atoms with Crippen molar-refractivity contribution >= 4 is 28.9 Å². The topological polar surface area (TPSA) is 99.3 Å². The Hall–Kier alpha value is -4.17. The van der Waals surface area contributed by atoms with Crippen molar-refractivity contribution in [2.24, 2.45) is 0 Å². The van der Waals surface area contributed by atoms with E-state index in [4.69, 9.17) is 16.3 Å². The SMILES string of the molecule is Cc1nn(Cc2ccc(C(=O)Nc3ccccc3Oc3ccccc3Cl)cc2)c(C)c1[N+](=O)[O-]. The minimum atomic E-state index is -0.422. The van der Waals surface area contributed by atoms with Gasteiger partial charge in [0, 0.05) is 5.56 Å². The second kappa shape index (κ2) is 9.76. The summed E-state index contributed by atoms with van der Waals surface area (Å²) in [5.41, 5.74) is 2.70. The van der Waals surface area contributed by atoms with E-state index in [1.807, 2.05) is 12.1 Å². The number of benzene rings is 3. The first-order chi connectivity index (χ1) is 16.3. The molecule has 0 aliphatic heterocycles. The molecule has 1 aromatic heterocycles. The molecule has 0 radical (unpaired) electrons. The van der Waals surface area contributed by atoms with E-state index in [1.165, 1.54) is 0 Å². The smallest absolute Gasteiger partial charge is 0.312 e. The van der Waals surface area contributed by atoms with Crippen molar-refractivity contribution in [3.05, 3.63) is 110 Å². The lowest BCUT2D eigenvalue weighted by Crippen LogP contribution is -2.13. The Bertz CT molecular complexity index is 1370. The Morgan fingerprint density at radius 3 is 2.32 bits per heavy atom. The largest absolute Gasteiger partial charge is 0.454 e. The lowest BCUT2D eigenvalue weighted by atomic mass is 10.1. The number of anilines is 1. The summed E-state index contributed by atoms with van der Waals surface area (Å²) in [6, 6.07) is 21.2. The number of halogens is 1. The highest BCUT2D eigenvalue weighted by atomic mass is 35.5. The Labute approximate surface area is 200 Å². The van der Waals surface area contributed by atoms with Gasteiger partial charge in [-0.2, -0.15) is 5.10 Å². The highest BCUT2D eigenvalue weighted by Crippen LogP contribution is 2.33.